The molecule has 0 radical (unpaired) electrons. The third-order valence-corrected chi connectivity index (χ3v) is 7.30. The van der Waals surface area contributed by atoms with Crippen LogP contribution >= 0.6 is 57.4 Å². The molecule has 4 aromatic rings. The largest absolute Gasteiger partial charge is 0.478 e. The zero-order valence-corrected chi connectivity index (χ0v) is 27.9. The van der Waals surface area contributed by atoms with Gasteiger partial charge in [-0.25, -0.2) is 22.4 Å². The molecule has 4 aromatic carbocycles. The molecular weight excluding hydrogens is 852 g/mol. The number of thiocarbonyl (C=S) groups is 1. The Bertz CT molecular complexity index is 1760. The Kier molecular flexibility index (Phi) is 15.6. The quantitative estimate of drug-likeness (QED) is 0.0492. The van der Waals surface area contributed by atoms with Crippen molar-refractivity contribution >= 4 is 97.1 Å². The van der Waals surface area contributed by atoms with E-state index in [0.29, 0.717) is 11.4 Å². The number of aryl methyl sites for hydroxylation is 2. The summed E-state index contributed by atoms with van der Waals surface area (Å²) in [6.45, 7) is 3.61. The lowest BCUT2D eigenvalue weighted by Crippen LogP contribution is -2.44. The molecule has 0 fully saturated rings. The lowest BCUT2D eigenvalue weighted by molar-refractivity contribution is 0.0697. The molecule has 0 aromatic heterocycles. The Hall–Kier alpha value is -3.71. The van der Waals surface area contributed by atoms with Gasteiger partial charge in [-0.2, -0.15) is 0 Å². The van der Waals surface area contributed by atoms with Crippen LogP contribution in [0, 0.1) is 44.3 Å². The first kappa shape index (κ1) is 40.3. The van der Waals surface area contributed by atoms with Crippen LogP contribution in [-0.4, -0.2) is 22.1 Å². The number of rotatable bonds is 6. The van der Waals surface area contributed by atoms with Crippen molar-refractivity contribution in [2.24, 2.45) is 5.73 Å². The van der Waals surface area contributed by atoms with Crippen molar-refractivity contribution in [1.82, 2.24) is 10.9 Å². The summed E-state index contributed by atoms with van der Waals surface area (Å²) in [4.78, 5) is 23.2. The highest BCUT2D eigenvalue weighted by Gasteiger charge is 2.20. The van der Waals surface area contributed by atoms with Crippen molar-refractivity contribution in [3.8, 4) is 0 Å². The molecule has 0 saturated heterocycles. The number of hydrogen-bond acceptors (Lipinski definition) is 5. The number of aromatic carboxylic acids is 1. The Morgan fingerprint density at radius 1 is 0.717 bits per heavy atom. The van der Waals surface area contributed by atoms with E-state index in [4.69, 9.17) is 10.8 Å². The molecule has 0 aliphatic heterocycles. The van der Waals surface area contributed by atoms with Crippen LogP contribution in [0.15, 0.2) is 60.7 Å². The number of hydrogen-bond donors (Lipinski definition) is 6. The first-order valence-corrected chi connectivity index (χ1v) is 14.9. The number of benzene rings is 4. The van der Waals surface area contributed by atoms with Crippen LogP contribution in [0.3, 0.4) is 0 Å². The second-order valence-electron chi connectivity index (χ2n) is 8.98. The number of amides is 1. The van der Waals surface area contributed by atoms with E-state index in [1.165, 1.54) is 6.07 Å². The molecule has 46 heavy (non-hydrogen) atoms. The highest BCUT2D eigenvalue weighted by atomic mass is 127. The first-order valence-electron chi connectivity index (χ1n) is 12.3. The minimum atomic E-state index is -1.32. The van der Waals surface area contributed by atoms with Gasteiger partial charge >= 0.3 is 5.97 Å². The summed E-state index contributed by atoms with van der Waals surface area (Å²) in [6, 6.07) is 14.6. The predicted octanol–water partition coefficient (Wildman–Crippen LogP) is 8.69. The van der Waals surface area contributed by atoms with Crippen LogP contribution in [0.5, 0.6) is 0 Å². The minimum absolute atomic E-state index is 0. The molecule has 7 N–H and O–H groups in total. The number of carbonyl (C=O) groups is 2. The maximum atomic E-state index is 14.2. The molecular formula is C31H31F4I2N5O3S. The van der Waals surface area contributed by atoms with Crippen molar-refractivity contribution < 1.29 is 32.3 Å². The fourth-order valence-corrected chi connectivity index (χ4v) is 5.05. The lowest BCUT2D eigenvalue weighted by Gasteiger charge is -2.15. The Morgan fingerprint density at radius 2 is 1.13 bits per heavy atom. The van der Waals surface area contributed by atoms with E-state index in [0.717, 1.165) is 36.5 Å². The molecule has 0 bridgehead atoms. The average molecular weight is 883 g/mol. The van der Waals surface area contributed by atoms with Gasteiger partial charge in [0.2, 0.25) is 0 Å². The van der Waals surface area contributed by atoms with Crippen molar-refractivity contribution in [3.63, 3.8) is 0 Å². The van der Waals surface area contributed by atoms with E-state index in [-0.39, 0.29) is 42.5 Å². The summed E-state index contributed by atoms with van der Waals surface area (Å²) in [5, 5.41) is 14.3. The van der Waals surface area contributed by atoms with Gasteiger partial charge in [-0.15, -0.1) is 0 Å². The van der Waals surface area contributed by atoms with Crippen LogP contribution in [0.25, 0.3) is 0 Å². The monoisotopic (exact) mass is 883 g/mol. The molecule has 0 aliphatic rings. The topological polar surface area (TPSA) is 129 Å². The van der Waals surface area contributed by atoms with Gasteiger partial charge in [-0.05, 0) is 143 Å². The summed E-state index contributed by atoms with van der Waals surface area (Å²) in [5.74, 6) is -6.57. The maximum absolute atomic E-state index is 14.2. The summed E-state index contributed by atoms with van der Waals surface area (Å²) < 4.78 is 56.9. The van der Waals surface area contributed by atoms with E-state index in [2.05, 4.69) is 78.9 Å². The van der Waals surface area contributed by atoms with E-state index in [1.807, 2.05) is 19.1 Å². The Balaban J connectivity index is 0.000000447. The number of anilines is 4. The number of carboxylic acid groups (broad SMARTS) is 1. The predicted molar refractivity (Wildman–Crippen MR) is 195 cm³/mol. The summed E-state index contributed by atoms with van der Waals surface area (Å²) in [6.07, 6.45) is 0. The molecule has 246 valence electrons. The van der Waals surface area contributed by atoms with Crippen LogP contribution in [0.4, 0.5) is 40.3 Å². The highest BCUT2D eigenvalue weighted by Crippen LogP contribution is 2.30. The smallest absolute Gasteiger partial charge is 0.337 e. The third-order valence-electron chi connectivity index (χ3n) is 5.86. The van der Waals surface area contributed by atoms with Gasteiger partial charge in [0.05, 0.1) is 22.5 Å². The minimum Gasteiger partial charge on any atom is -0.478 e. The second kappa shape index (κ2) is 17.8. The van der Waals surface area contributed by atoms with Crippen molar-refractivity contribution in [3.05, 3.63) is 113 Å². The number of carbonyl (C=O) groups excluding carboxylic acids is 1. The van der Waals surface area contributed by atoms with Crippen molar-refractivity contribution in [1.29, 1.82) is 0 Å². The Labute approximate surface area is 296 Å². The van der Waals surface area contributed by atoms with Gasteiger partial charge in [0.25, 0.3) is 5.91 Å². The normalized spacial score (nSPS) is 9.83. The van der Waals surface area contributed by atoms with Gasteiger partial charge in [0.15, 0.2) is 28.4 Å². The highest BCUT2D eigenvalue weighted by molar-refractivity contribution is 14.1. The number of nitrogens with two attached hydrogens (primary N) is 1. The molecule has 0 saturated carbocycles. The van der Waals surface area contributed by atoms with Crippen molar-refractivity contribution in [2.45, 2.75) is 28.7 Å². The van der Waals surface area contributed by atoms with Gasteiger partial charge in [0.1, 0.15) is 0 Å². The van der Waals surface area contributed by atoms with Gasteiger partial charge < -0.3 is 21.5 Å². The van der Waals surface area contributed by atoms with Gasteiger partial charge in [-0.1, -0.05) is 14.9 Å². The number of nitrogens with one attached hydrogen (secondary N) is 4. The lowest BCUT2D eigenvalue weighted by atomic mass is 10.1. The van der Waals surface area contributed by atoms with Crippen molar-refractivity contribution in [2.75, 3.05) is 10.6 Å². The fourth-order valence-electron chi connectivity index (χ4n) is 3.70. The van der Waals surface area contributed by atoms with E-state index < -0.39 is 35.1 Å². The number of hydrazine groups is 1. The zero-order valence-electron chi connectivity index (χ0n) is 22.8. The molecule has 0 aliphatic carbocycles. The Morgan fingerprint density at radius 3 is 1.52 bits per heavy atom. The standard InChI is InChI=1S/C15H13F2IN4OS.C14H10F2INO2.2CH4/c1-7-6-8(18)2-5-11(7)20-13-9(3-4-10(16)12(13)17)14(23)21-22-15(19)24;1-7-6-8(17)2-5-11(7)18-13-9(14(19)20)3-4-10(15)12(13)16;;/h2-6,20H,1H3,(H,21,23)(H3,19,22,24);2-6,18H,1H3,(H,19,20);2*1H4. The van der Waals surface area contributed by atoms with Crippen LogP contribution in [-0.2, 0) is 0 Å². The molecule has 0 unspecified atom stereocenters. The summed E-state index contributed by atoms with van der Waals surface area (Å²) in [7, 11) is 0. The van der Waals surface area contributed by atoms with Gasteiger partial charge in [-0.3, -0.25) is 15.6 Å². The second-order valence-corrected chi connectivity index (χ2v) is 11.9. The van der Waals surface area contributed by atoms with E-state index >= 15 is 0 Å². The molecule has 0 atom stereocenters. The molecule has 1 amide bonds. The fraction of sp³-hybridized carbons (Fsp3) is 0.129. The van der Waals surface area contributed by atoms with Gasteiger partial charge in [0, 0.05) is 18.5 Å². The van der Waals surface area contributed by atoms with E-state index in [1.54, 1.807) is 31.2 Å². The summed E-state index contributed by atoms with van der Waals surface area (Å²) in [5.41, 5.74) is 11.3. The van der Waals surface area contributed by atoms with Crippen LogP contribution in [0.2, 0.25) is 0 Å². The molecule has 0 heterocycles. The summed E-state index contributed by atoms with van der Waals surface area (Å²) >= 11 is 8.85. The maximum Gasteiger partial charge on any atom is 0.337 e. The molecule has 0 spiro atoms. The SMILES string of the molecule is C.C.Cc1cc(I)ccc1Nc1c(C(=O)NNC(N)=S)ccc(F)c1F.Cc1cc(I)ccc1Nc1c(C(=O)O)ccc(F)c1F. The first-order chi connectivity index (χ1) is 20.7. The molecule has 8 nitrogen and oxygen atoms in total. The number of halogens is 6. The molecule has 4 rings (SSSR count). The van der Waals surface area contributed by atoms with E-state index in [9.17, 15) is 27.2 Å². The number of carboxylic acids is 1. The van der Waals surface area contributed by atoms with Crippen LogP contribution in [0.1, 0.15) is 46.7 Å². The van der Waals surface area contributed by atoms with Crippen LogP contribution < -0.4 is 27.2 Å². The zero-order chi connectivity index (χ0) is 32.7. The third kappa shape index (κ3) is 10.4. The average Bonchev–Trinajstić information content (AvgIpc) is 2.95. The molecule has 15 heteroatoms.